The van der Waals surface area contributed by atoms with Gasteiger partial charge >= 0.3 is 5.63 Å². The lowest BCUT2D eigenvalue weighted by molar-refractivity contribution is -0.120. The van der Waals surface area contributed by atoms with Crippen LogP contribution in [0, 0.1) is 6.92 Å². The molecule has 2 N–H and O–H groups in total. The van der Waals surface area contributed by atoms with Gasteiger partial charge in [-0.2, -0.15) is 0 Å². The Kier molecular flexibility index (Phi) is 5.39. The number of aryl methyl sites for hydroxylation is 2. The molecule has 1 unspecified atom stereocenters. The van der Waals surface area contributed by atoms with Crippen LogP contribution in [-0.4, -0.2) is 36.4 Å². The van der Waals surface area contributed by atoms with Gasteiger partial charge in [-0.1, -0.05) is 0 Å². The minimum absolute atomic E-state index is 0.124. The fourth-order valence-corrected chi connectivity index (χ4v) is 3.53. The number of fused-ring (bicyclic) bond motifs is 3. The van der Waals surface area contributed by atoms with E-state index in [1.165, 1.54) is 0 Å². The maximum absolute atomic E-state index is 12.7. The second kappa shape index (κ2) is 7.47. The van der Waals surface area contributed by atoms with E-state index in [-0.39, 0.29) is 30.0 Å². The summed E-state index contributed by atoms with van der Waals surface area (Å²) in [4.78, 5) is 24.8. The molecule has 152 valence electrons. The molecule has 0 fully saturated rings. The van der Waals surface area contributed by atoms with E-state index in [9.17, 15) is 14.7 Å². The molecule has 2 heterocycles. The summed E-state index contributed by atoms with van der Waals surface area (Å²) in [5, 5.41) is 12.6. The van der Waals surface area contributed by atoms with Crippen molar-refractivity contribution in [1.29, 1.82) is 0 Å². The zero-order chi connectivity index (χ0) is 20.6. The van der Waals surface area contributed by atoms with Gasteiger partial charge in [0.1, 0.15) is 22.7 Å². The highest BCUT2D eigenvalue weighted by atomic mass is 16.5. The first kappa shape index (κ1) is 20.2. The van der Waals surface area contributed by atoms with E-state index >= 15 is 0 Å². The summed E-state index contributed by atoms with van der Waals surface area (Å²) in [6, 6.07) is 1.82. The van der Waals surface area contributed by atoms with Crippen LogP contribution in [0.3, 0.4) is 0 Å². The third-order valence-corrected chi connectivity index (χ3v) is 5.09. The number of rotatable bonds is 5. The lowest BCUT2D eigenvalue weighted by Gasteiger charge is -2.33. The Bertz CT molecular complexity index is 973. The van der Waals surface area contributed by atoms with Gasteiger partial charge in [0.25, 0.3) is 0 Å². The van der Waals surface area contributed by atoms with Gasteiger partial charge in [-0.3, -0.25) is 4.79 Å². The normalized spacial score (nSPS) is 16.2. The largest absolute Gasteiger partial charge is 0.496 e. The molecule has 7 nitrogen and oxygen atoms in total. The molecule has 1 amide bonds. The summed E-state index contributed by atoms with van der Waals surface area (Å²) in [7, 11) is 1.55. The van der Waals surface area contributed by atoms with Gasteiger partial charge in [0.2, 0.25) is 5.91 Å². The average Bonchev–Trinajstić information content (AvgIpc) is 2.61. The van der Waals surface area contributed by atoms with E-state index in [4.69, 9.17) is 13.9 Å². The minimum atomic E-state index is -0.658. The lowest BCUT2D eigenvalue weighted by Crippen LogP contribution is -2.33. The summed E-state index contributed by atoms with van der Waals surface area (Å²) < 4.78 is 17.3. The number of aliphatic hydroxyl groups is 1. The van der Waals surface area contributed by atoms with Crippen molar-refractivity contribution >= 4 is 16.9 Å². The molecule has 1 aromatic heterocycles. The van der Waals surface area contributed by atoms with Crippen LogP contribution in [-0.2, 0) is 17.6 Å². The molecule has 1 aromatic carbocycles. The molecule has 1 aliphatic heterocycles. The molecular weight excluding hydrogens is 362 g/mol. The van der Waals surface area contributed by atoms with E-state index in [1.807, 2.05) is 19.9 Å². The van der Waals surface area contributed by atoms with Gasteiger partial charge in [-0.25, -0.2) is 4.79 Å². The molecule has 0 radical (unpaired) electrons. The summed E-state index contributed by atoms with van der Waals surface area (Å²) in [5.41, 5.74) is 1.40. The molecule has 3 rings (SSSR count). The van der Waals surface area contributed by atoms with Crippen LogP contribution in [0.15, 0.2) is 15.3 Å². The fourth-order valence-electron chi connectivity index (χ4n) is 3.53. The summed E-state index contributed by atoms with van der Waals surface area (Å²) in [5.74, 6) is 0.849. The number of ether oxygens (including phenoxy) is 2. The van der Waals surface area contributed by atoms with Crippen molar-refractivity contribution in [2.75, 3.05) is 13.7 Å². The fraction of sp³-hybridized carbons (Fsp3) is 0.524. The van der Waals surface area contributed by atoms with Crippen LogP contribution in [0.5, 0.6) is 11.5 Å². The predicted molar refractivity (Wildman–Crippen MR) is 105 cm³/mol. The molecule has 0 saturated heterocycles. The second-order valence-electron chi connectivity index (χ2n) is 7.94. The first-order chi connectivity index (χ1) is 13.1. The summed E-state index contributed by atoms with van der Waals surface area (Å²) in [6.07, 6.45) is 0.738. The van der Waals surface area contributed by atoms with Crippen LogP contribution in [0.2, 0.25) is 0 Å². The van der Waals surface area contributed by atoms with Crippen molar-refractivity contribution in [3.8, 4) is 11.5 Å². The third-order valence-electron chi connectivity index (χ3n) is 5.09. The van der Waals surface area contributed by atoms with Gasteiger partial charge in [0.05, 0.1) is 30.6 Å². The highest BCUT2D eigenvalue weighted by Gasteiger charge is 2.31. The van der Waals surface area contributed by atoms with Crippen LogP contribution < -0.4 is 20.4 Å². The van der Waals surface area contributed by atoms with Crippen LogP contribution >= 0.6 is 0 Å². The van der Waals surface area contributed by atoms with Gasteiger partial charge in [-0.15, -0.1) is 0 Å². The standard InChI is InChI=1S/C21H27NO6/c1-11(23)10-22-17(24)8-14-12(2)18-16(26-5)9-15-13(19(18)27-20(14)25)6-7-21(3,4)28-15/h9,11,23H,6-8,10H2,1-5H3,(H,22,24). The third kappa shape index (κ3) is 3.85. The van der Waals surface area contributed by atoms with E-state index < -0.39 is 11.7 Å². The summed E-state index contributed by atoms with van der Waals surface area (Å²) in [6.45, 7) is 7.53. The Morgan fingerprint density at radius 3 is 2.79 bits per heavy atom. The topological polar surface area (TPSA) is 98.0 Å². The maximum Gasteiger partial charge on any atom is 0.340 e. The molecule has 7 heteroatoms. The number of nitrogens with one attached hydrogen (secondary N) is 1. The number of hydrogen-bond acceptors (Lipinski definition) is 6. The van der Waals surface area contributed by atoms with Gasteiger partial charge in [0, 0.05) is 18.2 Å². The molecule has 0 spiro atoms. The van der Waals surface area contributed by atoms with Crippen molar-refractivity contribution in [3.63, 3.8) is 0 Å². The number of aliphatic hydroxyl groups excluding tert-OH is 1. The molecular formula is C21H27NO6. The Balaban J connectivity index is 2.11. The van der Waals surface area contributed by atoms with Gasteiger partial charge in [-0.05, 0) is 46.1 Å². The monoisotopic (exact) mass is 389 g/mol. The predicted octanol–water partition coefficient (Wildman–Crippen LogP) is 2.25. The van der Waals surface area contributed by atoms with Crippen molar-refractivity contribution in [3.05, 3.63) is 33.2 Å². The zero-order valence-electron chi connectivity index (χ0n) is 17.0. The van der Waals surface area contributed by atoms with Crippen LogP contribution in [0.1, 0.15) is 43.9 Å². The number of carbonyl (C=O) groups is 1. The minimum Gasteiger partial charge on any atom is -0.496 e. The Morgan fingerprint density at radius 1 is 1.43 bits per heavy atom. The number of amides is 1. The lowest BCUT2D eigenvalue weighted by atomic mass is 9.91. The molecule has 28 heavy (non-hydrogen) atoms. The average molecular weight is 389 g/mol. The van der Waals surface area contributed by atoms with E-state index in [0.29, 0.717) is 28.0 Å². The first-order valence-corrected chi connectivity index (χ1v) is 9.43. The van der Waals surface area contributed by atoms with Crippen LogP contribution in [0.4, 0.5) is 0 Å². The van der Waals surface area contributed by atoms with E-state index in [0.717, 1.165) is 18.4 Å². The number of carbonyl (C=O) groups excluding carboxylic acids is 1. The smallest absolute Gasteiger partial charge is 0.340 e. The number of hydrogen-bond donors (Lipinski definition) is 2. The van der Waals surface area contributed by atoms with E-state index in [2.05, 4.69) is 5.32 Å². The molecule has 0 bridgehead atoms. The Labute approximate surface area is 163 Å². The number of methoxy groups -OCH3 is 1. The quantitative estimate of drug-likeness (QED) is 0.761. The van der Waals surface area contributed by atoms with Crippen molar-refractivity contribution in [2.45, 2.75) is 58.7 Å². The molecule has 2 aromatic rings. The molecule has 0 saturated carbocycles. The van der Waals surface area contributed by atoms with E-state index in [1.54, 1.807) is 21.0 Å². The Morgan fingerprint density at radius 2 is 2.14 bits per heavy atom. The molecule has 1 atom stereocenters. The second-order valence-corrected chi connectivity index (χ2v) is 7.94. The first-order valence-electron chi connectivity index (χ1n) is 9.43. The molecule has 0 aliphatic carbocycles. The van der Waals surface area contributed by atoms with Crippen molar-refractivity contribution in [1.82, 2.24) is 5.32 Å². The van der Waals surface area contributed by atoms with Gasteiger partial charge < -0.3 is 24.3 Å². The van der Waals surface area contributed by atoms with Gasteiger partial charge in [0.15, 0.2) is 0 Å². The Hall–Kier alpha value is -2.54. The number of benzene rings is 1. The van der Waals surface area contributed by atoms with Crippen LogP contribution in [0.25, 0.3) is 11.0 Å². The zero-order valence-corrected chi connectivity index (χ0v) is 17.0. The highest BCUT2D eigenvalue weighted by molar-refractivity contribution is 5.93. The summed E-state index contributed by atoms with van der Waals surface area (Å²) >= 11 is 0. The van der Waals surface area contributed by atoms with Crippen molar-refractivity contribution < 1.29 is 23.8 Å². The maximum atomic E-state index is 12.7. The highest BCUT2D eigenvalue weighted by Crippen LogP contribution is 2.43. The SMILES string of the molecule is COc1cc2c(c3oc(=O)c(CC(=O)NCC(C)O)c(C)c13)CCC(C)(C)O2. The molecule has 1 aliphatic rings. The van der Waals surface area contributed by atoms with Crippen molar-refractivity contribution in [2.24, 2.45) is 0 Å².